The lowest BCUT2D eigenvalue weighted by Gasteiger charge is -2.13. The Kier molecular flexibility index (Phi) is 2.34. The summed E-state index contributed by atoms with van der Waals surface area (Å²) < 4.78 is 3.72. The van der Waals surface area contributed by atoms with Gasteiger partial charge in [-0.3, -0.25) is 0 Å². The third kappa shape index (κ3) is 2.38. The maximum absolute atomic E-state index is 10.5. The molecule has 1 aromatic rings. The number of carbonyl (C=O) groups excluding carboxylic acids is 1. The predicted molar refractivity (Wildman–Crippen MR) is 43.5 cm³/mol. The average Bonchev–Trinajstić information content (AvgIpc) is 2.39. The van der Waals surface area contributed by atoms with Gasteiger partial charge in [0.05, 0.1) is 6.20 Å². The van der Waals surface area contributed by atoms with Crippen LogP contribution < -0.4 is 0 Å². The van der Waals surface area contributed by atoms with E-state index in [1.165, 1.54) is 11.5 Å². The molecule has 0 radical (unpaired) electrons. The molecule has 60 valence electrons. The Morgan fingerprint density at radius 3 is 2.91 bits per heavy atom. The molecule has 0 aliphatic rings. The standard InChI is InChI=1S/C7H10N2OS/c1-7(2,5-10)3-6-4-8-9-11-6/h4-5H,3H2,1-2H3. The number of hydrogen-bond acceptors (Lipinski definition) is 4. The zero-order valence-corrected chi connectivity index (χ0v) is 7.39. The number of carbonyl (C=O) groups is 1. The van der Waals surface area contributed by atoms with Gasteiger partial charge < -0.3 is 4.79 Å². The molecule has 0 saturated heterocycles. The maximum Gasteiger partial charge on any atom is 0.125 e. The molecule has 1 heterocycles. The summed E-state index contributed by atoms with van der Waals surface area (Å²) in [6.07, 6.45) is 3.40. The highest BCUT2D eigenvalue weighted by Gasteiger charge is 2.17. The number of aromatic nitrogens is 2. The zero-order chi connectivity index (χ0) is 8.32. The van der Waals surface area contributed by atoms with Crippen LogP contribution in [0.25, 0.3) is 0 Å². The van der Waals surface area contributed by atoms with E-state index >= 15 is 0 Å². The Morgan fingerprint density at radius 1 is 1.73 bits per heavy atom. The molecule has 1 rings (SSSR count). The minimum Gasteiger partial charge on any atom is -0.303 e. The van der Waals surface area contributed by atoms with Crippen molar-refractivity contribution in [2.75, 3.05) is 0 Å². The molecule has 0 unspecified atom stereocenters. The van der Waals surface area contributed by atoms with E-state index in [0.29, 0.717) is 0 Å². The number of hydrogen-bond donors (Lipinski definition) is 0. The smallest absolute Gasteiger partial charge is 0.125 e. The SMILES string of the molecule is CC(C)(C=O)Cc1cnns1. The molecular formula is C7H10N2OS. The second kappa shape index (κ2) is 3.09. The quantitative estimate of drug-likeness (QED) is 0.642. The largest absolute Gasteiger partial charge is 0.303 e. The second-order valence-electron chi connectivity index (χ2n) is 3.17. The van der Waals surface area contributed by atoms with E-state index in [-0.39, 0.29) is 5.41 Å². The van der Waals surface area contributed by atoms with Gasteiger partial charge in [-0.15, -0.1) is 5.10 Å². The molecule has 3 nitrogen and oxygen atoms in total. The van der Waals surface area contributed by atoms with E-state index in [9.17, 15) is 4.79 Å². The molecule has 0 aromatic carbocycles. The minimum absolute atomic E-state index is 0.284. The summed E-state index contributed by atoms with van der Waals surface area (Å²) in [6, 6.07) is 0. The van der Waals surface area contributed by atoms with Crippen molar-refractivity contribution in [2.45, 2.75) is 20.3 Å². The first-order chi connectivity index (χ1) is 5.14. The third-order valence-electron chi connectivity index (χ3n) is 1.36. The molecule has 1 aromatic heterocycles. The highest BCUT2D eigenvalue weighted by Crippen LogP contribution is 2.19. The first kappa shape index (κ1) is 8.33. The van der Waals surface area contributed by atoms with Crippen LogP contribution in [0.4, 0.5) is 0 Å². The maximum atomic E-state index is 10.5. The number of rotatable bonds is 3. The average molecular weight is 170 g/mol. The van der Waals surface area contributed by atoms with Crippen LogP contribution in [0.1, 0.15) is 18.7 Å². The molecule has 0 atom stereocenters. The molecule has 0 saturated carbocycles. The van der Waals surface area contributed by atoms with Crippen LogP contribution in [0, 0.1) is 5.41 Å². The van der Waals surface area contributed by atoms with Crippen molar-refractivity contribution in [3.63, 3.8) is 0 Å². The normalized spacial score (nSPS) is 11.5. The lowest BCUT2D eigenvalue weighted by Crippen LogP contribution is -2.15. The Balaban J connectivity index is 2.63. The van der Waals surface area contributed by atoms with Crippen molar-refractivity contribution in [3.8, 4) is 0 Å². The van der Waals surface area contributed by atoms with Crippen LogP contribution in [0.2, 0.25) is 0 Å². The van der Waals surface area contributed by atoms with Gasteiger partial charge in [-0.1, -0.05) is 18.3 Å². The van der Waals surface area contributed by atoms with Gasteiger partial charge in [-0.2, -0.15) is 0 Å². The van der Waals surface area contributed by atoms with Crippen molar-refractivity contribution in [1.29, 1.82) is 0 Å². The molecule has 0 fully saturated rings. The lowest BCUT2D eigenvalue weighted by molar-refractivity contribution is -0.114. The molecule has 4 heteroatoms. The van der Waals surface area contributed by atoms with Crippen molar-refractivity contribution in [1.82, 2.24) is 9.59 Å². The molecule has 0 aliphatic carbocycles. The second-order valence-corrected chi connectivity index (χ2v) is 4.04. The Bertz CT molecular complexity index is 231. The highest BCUT2D eigenvalue weighted by atomic mass is 32.1. The summed E-state index contributed by atoms with van der Waals surface area (Å²) in [6.45, 7) is 3.80. The first-order valence-corrected chi connectivity index (χ1v) is 4.14. The molecular weight excluding hydrogens is 160 g/mol. The van der Waals surface area contributed by atoms with E-state index < -0.39 is 0 Å². The highest BCUT2D eigenvalue weighted by molar-refractivity contribution is 7.05. The van der Waals surface area contributed by atoms with E-state index in [1.807, 2.05) is 13.8 Å². The van der Waals surface area contributed by atoms with Gasteiger partial charge in [0.1, 0.15) is 6.29 Å². The monoisotopic (exact) mass is 170 g/mol. The molecule has 0 bridgehead atoms. The Labute approximate surface area is 69.6 Å². The summed E-state index contributed by atoms with van der Waals surface area (Å²) >= 11 is 1.35. The first-order valence-electron chi connectivity index (χ1n) is 3.37. The summed E-state index contributed by atoms with van der Waals surface area (Å²) in [7, 11) is 0. The number of nitrogens with zero attached hydrogens (tertiary/aromatic N) is 2. The third-order valence-corrected chi connectivity index (χ3v) is 2.02. The predicted octanol–water partition coefficient (Wildman–Crippen LogP) is 1.31. The van der Waals surface area contributed by atoms with Gasteiger partial charge in [0.2, 0.25) is 0 Å². The van der Waals surface area contributed by atoms with Crippen LogP contribution >= 0.6 is 11.5 Å². The van der Waals surface area contributed by atoms with Crippen LogP contribution in [-0.4, -0.2) is 15.9 Å². The zero-order valence-electron chi connectivity index (χ0n) is 6.57. The van der Waals surface area contributed by atoms with Crippen molar-refractivity contribution >= 4 is 17.8 Å². The molecule has 0 aliphatic heterocycles. The molecule has 0 amide bonds. The van der Waals surface area contributed by atoms with Gasteiger partial charge in [0, 0.05) is 10.3 Å². The van der Waals surface area contributed by atoms with E-state index in [4.69, 9.17) is 0 Å². The van der Waals surface area contributed by atoms with Crippen LogP contribution in [0.5, 0.6) is 0 Å². The fraction of sp³-hybridized carbons (Fsp3) is 0.571. The molecule has 0 spiro atoms. The summed E-state index contributed by atoms with van der Waals surface area (Å²) in [5.41, 5.74) is -0.284. The lowest BCUT2D eigenvalue weighted by atomic mass is 9.91. The van der Waals surface area contributed by atoms with Gasteiger partial charge in [-0.25, -0.2) is 0 Å². The van der Waals surface area contributed by atoms with Crippen LogP contribution in [-0.2, 0) is 11.2 Å². The van der Waals surface area contributed by atoms with Crippen molar-refractivity contribution in [2.24, 2.45) is 5.41 Å². The van der Waals surface area contributed by atoms with Crippen LogP contribution in [0.15, 0.2) is 6.20 Å². The molecule has 0 N–H and O–H groups in total. The Hall–Kier alpha value is -0.770. The topological polar surface area (TPSA) is 42.9 Å². The van der Waals surface area contributed by atoms with Crippen molar-refractivity contribution < 1.29 is 4.79 Å². The fourth-order valence-electron chi connectivity index (χ4n) is 0.756. The minimum atomic E-state index is -0.284. The van der Waals surface area contributed by atoms with E-state index in [2.05, 4.69) is 9.59 Å². The van der Waals surface area contributed by atoms with E-state index in [1.54, 1.807) is 6.20 Å². The van der Waals surface area contributed by atoms with Gasteiger partial charge in [0.15, 0.2) is 0 Å². The van der Waals surface area contributed by atoms with Crippen LogP contribution in [0.3, 0.4) is 0 Å². The molecule has 11 heavy (non-hydrogen) atoms. The van der Waals surface area contributed by atoms with Gasteiger partial charge >= 0.3 is 0 Å². The Morgan fingerprint density at radius 2 is 2.45 bits per heavy atom. The van der Waals surface area contributed by atoms with E-state index in [0.717, 1.165) is 17.6 Å². The van der Waals surface area contributed by atoms with Crippen molar-refractivity contribution in [3.05, 3.63) is 11.1 Å². The van der Waals surface area contributed by atoms with Gasteiger partial charge in [-0.05, 0) is 18.0 Å². The summed E-state index contributed by atoms with van der Waals surface area (Å²) in [5.74, 6) is 0. The number of aldehydes is 1. The van der Waals surface area contributed by atoms with Gasteiger partial charge in [0.25, 0.3) is 0 Å². The summed E-state index contributed by atoms with van der Waals surface area (Å²) in [5, 5.41) is 3.69. The summed E-state index contributed by atoms with van der Waals surface area (Å²) in [4.78, 5) is 11.6. The fourth-order valence-corrected chi connectivity index (χ4v) is 1.49.